The predicted molar refractivity (Wildman–Crippen MR) is 201 cm³/mol. The molecule has 1 saturated heterocycles. The molecule has 0 radical (unpaired) electrons. The van der Waals surface area contributed by atoms with Crippen LogP contribution in [0.25, 0.3) is 0 Å². The van der Waals surface area contributed by atoms with Crippen LogP contribution in [-0.4, -0.2) is 145 Å². The molecular formula is C37H67N5O14. The van der Waals surface area contributed by atoms with Gasteiger partial charge >= 0.3 is 12.1 Å². The maximum absolute atomic E-state index is 13.0. The Kier molecular flexibility index (Phi) is 21.8. The van der Waals surface area contributed by atoms with Crippen LogP contribution in [0.15, 0.2) is 0 Å². The number of ether oxygens (including phenoxy) is 5. The molecule has 324 valence electrons. The van der Waals surface area contributed by atoms with Crippen molar-refractivity contribution in [2.75, 3.05) is 33.5 Å². The number of aliphatic hydroxyl groups is 3. The van der Waals surface area contributed by atoms with Gasteiger partial charge in [0.15, 0.2) is 6.29 Å². The highest BCUT2D eigenvalue weighted by Crippen LogP contribution is 2.23. The van der Waals surface area contributed by atoms with Gasteiger partial charge < -0.3 is 65.6 Å². The van der Waals surface area contributed by atoms with E-state index in [-0.39, 0.29) is 57.0 Å². The van der Waals surface area contributed by atoms with Gasteiger partial charge in [0.05, 0.1) is 26.9 Å². The van der Waals surface area contributed by atoms with E-state index in [1.54, 1.807) is 48.5 Å². The van der Waals surface area contributed by atoms with E-state index in [1.807, 2.05) is 13.8 Å². The fraction of sp³-hybridized carbons (Fsp3) is 0.838. The first kappa shape index (κ1) is 50.4. The Morgan fingerprint density at radius 1 is 0.750 bits per heavy atom. The second-order valence-corrected chi connectivity index (χ2v) is 16.0. The van der Waals surface area contributed by atoms with Crippen molar-refractivity contribution in [1.82, 2.24) is 26.6 Å². The standard InChI is InChI=1S/C37H67N5O14/c1-19(2)17-23(34(50)52-11)40-33(49)27(21(5)6)41-25(43)13-16-53-18-24-28(44)29(45)30(46)35(55-24)54-15-12-14-38-32(48)26(20(3)4)42-31(47)22(7)39-36(51)56-37(8,9)10/h19-24,26-30,35,44-46H,12-18H2,1-11H3,(H,38,48)(H,39,51)(H,40,49)(H,41,43)(H,42,47)/t22-,23-,24+,26-,27-,28+,29-,30+,35+/m0/s1. The number of hydrogen-bond acceptors (Lipinski definition) is 14. The first-order valence-corrected chi connectivity index (χ1v) is 19.1. The monoisotopic (exact) mass is 805 g/mol. The number of carbonyl (C=O) groups is 6. The summed E-state index contributed by atoms with van der Waals surface area (Å²) in [4.78, 5) is 75.5. The van der Waals surface area contributed by atoms with Gasteiger partial charge in [0.1, 0.15) is 54.2 Å². The van der Waals surface area contributed by atoms with Crippen molar-refractivity contribution in [3.63, 3.8) is 0 Å². The summed E-state index contributed by atoms with van der Waals surface area (Å²) >= 11 is 0. The van der Waals surface area contributed by atoms with Crippen molar-refractivity contribution in [2.45, 2.75) is 149 Å². The zero-order valence-electron chi connectivity index (χ0n) is 34.7. The third-order valence-corrected chi connectivity index (χ3v) is 8.47. The van der Waals surface area contributed by atoms with Crippen LogP contribution in [0, 0.1) is 17.8 Å². The molecule has 0 aromatic rings. The van der Waals surface area contributed by atoms with Crippen LogP contribution < -0.4 is 26.6 Å². The van der Waals surface area contributed by atoms with Crippen molar-refractivity contribution in [1.29, 1.82) is 0 Å². The molecule has 1 aliphatic heterocycles. The van der Waals surface area contributed by atoms with E-state index in [0.29, 0.717) is 6.42 Å². The van der Waals surface area contributed by atoms with Gasteiger partial charge in [-0.05, 0) is 58.3 Å². The lowest BCUT2D eigenvalue weighted by molar-refractivity contribution is -0.302. The van der Waals surface area contributed by atoms with Gasteiger partial charge in [-0.25, -0.2) is 9.59 Å². The van der Waals surface area contributed by atoms with Gasteiger partial charge in [0.25, 0.3) is 0 Å². The van der Waals surface area contributed by atoms with Gasteiger partial charge in [0, 0.05) is 13.0 Å². The Hall–Kier alpha value is -3.62. The summed E-state index contributed by atoms with van der Waals surface area (Å²) in [5.74, 6) is -3.16. The van der Waals surface area contributed by atoms with E-state index in [1.165, 1.54) is 14.0 Å². The SMILES string of the molecule is COC(=O)[C@H](CC(C)C)NC(=O)[C@@H](NC(=O)CCOC[C@H]1O[C@@H](OCCCNC(=O)[C@@H](NC(=O)[C@H](C)NC(=O)OC(C)(C)C)C(C)C)[C@H](O)[C@@H](O)[C@@H]1O)C(C)C. The van der Waals surface area contributed by atoms with E-state index >= 15 is 0 Å². The summed E-state index contributed by atoms with van der Waals surface area (Å²) < 4.78 is 26.8. The molecule has 19 nitrogen and oxygen atoms in total. The number of esters is 1. The quantitative estimate of drug-likeness (QED) is 0.0513. The Balaban J connectivity index is 2.59. The van der Waals surface area contributed by atoms with Crippen LogP contribution in [0.3, 0.4) is 0 Å². The number of hydrogen-bond donors (Lipinski definition) is 8. The lowest BCUT2D eigenvalue weighted by atomic mass is 9.99. The fourth-order valence-corrected chi connectivity index (χ4v) is 5.38. The number of aliphatic hydroxyl groups excluding tert-OH is 3. The van der Waals surface area contributed by atoms with Gasteiger partial charge in [-0.1, -0.05) is 41.5 Å². The second kappa shape index (κ2) is 24.2. The van der Waals surface area contributed by atoms with E-state index in [4.69, 9.17) is 23.7 Å². The average Bonchev–Trinajstić information content (AvgIpc) is 3.09. The van der Waals surface area contributed by atoms with E-state index in [9.17, 15) is 44.1 Å². The molecule has 9 atom stereocenters. The largest absolute Gasteiger partial charge is 0.467 e. The normalized spacial score (nSPS) is 22.1. The van der Waals surface area contributed by atoms with Crippen LogP contribution >= 0.6 is 0 Å². The van der Waals surface area contributed by atoms with Crippen LogP contribution in [0.2, 0.25) is 0 Å². The van der Waals surface area contributed by atoms with E-state index < -0.39 is 96.2 Å². The summed E-state index contributed by atoms with van der Waals surface area (Å²) in [5.41, 5.74) is -0.750. The molecule has 56 heavy (non-hydrogen) atoms. The number of nitrogens with one attached hydrogen (secondary N) is 5. The lowest BCUT2D eigenvalue weighted by Crippen LogP contribution is -2.59. The highest BCUT2D eigenvalue weighted by molar-refractivity contribution is 5.92. The minimum atomic E-state index is -1.64. The van der Waals surface area contributed by atoms with Crippen LogP contribution in [0.4, 0.5) is 4.79 Å². The zero-order valence-corrected chi connectivity index (χ0v) is 34.7. The van der Waals surface area contributed by atoms with E-state index in [0.717, 1.165) is 0 Å². The van der Waals surface area contributed by atoms with Crippen molar-refractivity contribution >= 4 is 35.7 Å². The molecule has 5 amide bonds. The third-order valence-electron chi connectivity index (χ3n) is 8.47. The predicted octanol–water partition coefficient (Wildman–Crippen LogP) is -0.378. The highest BCUT2D eigenvalue weighted by atomic mass is 16.7. The maximum Gasteiger partial charge on any atom is 0.408 e. The molecule has 19 heteroatoms. The molecule has 0 saturated carbocycles. The minimum Gasteiger partial charge on any atom is -0.467 e. The summed E-state index contributed by atoms with van der Waals surface area (Å²) in [7, 11) is 1.23. The molecule has 1 rings (SSSR count). The second-order valence-electron chi connectivity index (χ2n) is 16.0. The number of rotatable bonds is 22. The van der Waals surface area contributed by atoms with Gasteiger partial charge in [-0.15, -0.1) is 0 Å². The smallest absolute Gasteiger partial charge is 0.408 e. The third kappa shape index (κ3) is 18.1. The molecule has 0 unspecified atom stereocenters. The summed E-state index contributed by atoms with van der Waals surface area (Å²) in [6.45, 7) is 17.0. The molecule has 0 aromatic heterocycles. The van der Waals surface area contributed by atoms with Crippen molar-refractivity contribution in [2.24, 2.45) is 17.8 Å². The number of amides is 5. The molecule has 0 spiro atoms. The van der Waals surface area contributed by atoms with Gasteiger partial charge in [-0.2, -0.15) is 0 Å². The fourth-order valence-electron chi connectivity index (χ4n) is 5.38. The highest BCUT2D eigenvalue weighted by Gasteiger charge is 2.44. The molecule has 1 heterocycles. The Labute approximate surface area is 330 Å². The Bertz CT molecular complexity index is 1280. The number of methoxy groups -OCH3 is 1. The molecule has 0 aromatic carbocycles. The van der Waals surface area contributed by atoms with Crippen molar-refractivity contribution in [3.8, 4) is 0 Å². The lowest BCUT2D eigenvalue weighted by Gasteiger charge is -2.40. The summed E-state index contributed by atoms with van der Waals surface area (Å²) in [6.07, 6.45) is -7.58. The molecule has 0 aliphatic carbocycles. The molecular weight excluding hydrogens is 738 g/mol. The molecule has 1 aliphatic rings. The van der Waals surface area contributed by atoms with Gasteiger partial charge in [0.2, 0.25) is 23.6 Å². The molecule has 8 N–H and O–H groups in total. The molecule has 0 bridgehead atoms. The van der Waals surface area contributed by atoms with Crippen molar-refractivity contribution in [3.05, 3.63) is 0 Å². The van der Waals surface area contributed by atoms with Crippen LogP contribution in [0.1, 0.15) is 88.5 Å². The van der Waals surface area contributed by atoms with Crippen LogP contribution in [-0.2, 0) is 47.7 Å². The van der Waals surface area contributed by atoms with Gasteiger partial charge in [-0.3, -0.25) is 19.2 Å². The Morgan fingerprint density at radius 3 is 1.91 bits per heavy atom. The first-order valence-electron chi connectivity index (χ1n) is 19.1. The maximum atomic E-state index is 13.0. The van der Waals surface area contributed by atoms with Crippen molar-refractivity contribution < 1.29 is 67.8 Å². The number of alkyl carbamates (subject to hydrolysis) is 1. The zero-order chi connectivity index (χ0) is 42.9. The summed E-state index contributed by atoms with van der Waals surface area (Å²) in [5, 5.41) is 44.4. The topological polar surface area (TPSA) is 269 Å². The number of carbonyl (C=O) groups excluding carboxylic acids is 6. The molecule has 1 fully saturated rings. The average molecular weight is 806 g/mol. The first-order chi connectivity index (χ1) is 26.0. The Morgan fingerprint density at radius 2 is 1.36 bits per heavy atom. The van der Waals surface area contributed by atoms with E-state index in [2.05, 4.69) is 26.6 Å². The minimum absolute atomic E-state index is 0.0312. The summed E-state index contributed by atoms with van der Waals surface area (Å²) in [6, 6.07) is -3.68. The van der Waals surface area contributed by atoms with Crippen LogP contribution in [0.5, 0.6) is 0 Å².